The number of phosphoric ester groups is 1. The molecule has 54 heavy (non-hydrogen) atoms. The molecule has 1 aromatic rings. The van der Waals surface area contributed by atoms with Crippen molar-refractivity contribution in [2.75, 3.05) is 70.2 Å². The number of aliphatic hydroxyl groups is 1. The lowest BCUT2D eigenvalue weighted by molar-refractivity contribution is -0.163. The average Bonchev–Trinajstić information content (AvgIpc) is 3.32. The number of alkyl halides is 2. The van der Waals surface area contributed by atoms with E-state index in [-0.39, 0.29) is 63.0 Å². The first-order chi connectivity index (χ1) is 25.5. The van der Waals surface area contributed by atoms with Gasteiger partial charge in [0.05, 0.1) is 45.4 Å². The summed E-state index contributed by atoms with van der Waals surface area (Å²) in [6, 6.07) is 1.04. The lowest BCUT2D eigenvalue weighted by Crippen LogP contribution is -2.41. The van der Waals surface area contributed by atoms with Crippen LogP contribution >= 0.6 is 19.6 Å². The first kappa shape index (κ1) is 46.7. The number of ether oxygens (including phenoxy) is 5. The van der Waals surface area contributed by atoms with Crippen LogP contribution in [-0.2, 0) is 61.3 Å². The molecule has 0 spiro atoms. The van der Waals surface area contributed by atoms with Gasteiger partial charge in [-0.25, -0.2) is 18.7 Å². The van der Waals surface area contributed by atoms with Crippen LogP contribution in [0.1, 0.15) is 45.8 Å². The molecule has 1 aliphatic rings. The number of phosphoric acid groups is 1. The van der Waals surface area contributed by atoms with E-state index in [2.05, 4.69) is 24.1 Å². The molecule has 1 saturated heterocycles. The number of nitrogen functional groups attached to an aromatic ring is 1. The van der Waals surface area contributed by atoms with E-state index >= 15 is 0 Å². The van der Waals surface area contributed by atoms with Crippen LogP contribution in [0.4, 0.5) is 14.6 Å². The van der Waals surface area contributed by atoms with E-state index in [0.717, 1.165) is 12.3 Å². The molecule has 2 rings (SSSR count). The third-order valence-electron chi connectivity index (χ3n) is 7.16. The molecule has 306 valence electrons. The number of amides is 1. The van der Waals surface area contributed by atoms with Crippen LogP contribution in [0, 0.1) is 5.92 Å². The number of carbonyl (C=O) groups is 5. The van der Waals surface area contributed by atoms with Gasteiger partial charge in [-0.3, -0.25) is 28.3 Å². The van der Waals surface area contributed by atoms with Crippen molar-refractivity contribution in [3.63, 3.8) is 0 Å². The number of Topliss-reactive ketones (excluding diaryl/α,β-unsaturated/α-hetero) is 2. The zero-order valence-electron chi connectivity index (χ0n) is 29.6. The lowest BCUT2D eigenvalue weighted by Gasteiger charge is -2.20. The number of halogens is 2. The molecule has 0 radical (unpaired) electrons. The Morgan fingerprint density at radius 1 is 1.09 bits per heavy atom. The highest BCUT2D eigenvalue weighted by Crippen LogP contribution is 2.47. The predicted octanol–water partition coefficient (Wildman–Crippen LogP) is 0.134. The molecule has 2 heterocycles. The second-order valence-corrected chi connectivity index (χ2v) is 14.2. The zero-order chi connectivity index (χ0) is 40.3. The van der Waals surface area contributed by atoms with Crippen molar-refractivity contribution < 1.29 is 80.1 Å². The van der Waals surface area contributed by atoms with E-state index in [9.17, 15) is 52.1 Å². The monoisotopic (exact) mass is 818 g/mol. The topological polar surface area (TPSA) is 280 Å². The third-order valence-corrected chi connectivity index (χ3v) is 9.12. The molecule has 24 heteroatoms. The fourth-order valence-electron chi connectivity index (χ4n) is 4.35. The maximum atomic E-state index is 14.6. The van der Waals surface area contributed by atoms with Crippen LogP contribution in [0.15, 0.2) is 17.1 Å². The van der Waals surface area contributed by atoms with Gasteiger partial charge in [0.2, 0.25) is 18.9 Å². The first-order valence-corrected chi connectivity index (χ1v) is 19.1. The summed E-state index contributed by atoms with van der Waals surface area (Å²) < 4.78 is 75.6. The summed E-state index contributed by atoms with van der Waals surface area (Å²) in [5.74, 6) is -6.67. The number of esters is 2. The van der Waals surface area contributed by atoms with Gasteiger partial charge in [0.1, 0.15) is 23.5 Å². The normalized spacial score (nSPS) is 19.4. The molecule has 5 N–H and O–H groups in total. The Hall–Kier alpha value is -3.41. The second kappa shape index (κ2) is 23.5. The Morgan fingerprint density at radius 3 is 2.43 bits per heavy atom. The molecule has 1 aliphatic heterocycles. The number of ketones is 2. The smallest absolute Gasteiger partial charge is 0.454 e. The summed E-state index contributed by atoms with van der Waals surface area (Å²) in [4.78, 5) is 85.0. The van der Waals surface area contributed by atoms with Crippen LogP contribution in [0.5, 0.6) is 0 Å². The number of aromatic nitrogens is 2. The van der Waals surface area contributed by atoms with Gasteiger partial charge < -0.3 is 44.7 Å². The van der Waals surface area contributed by atoms with Gasteiger partial charge in [-0.05, 0) is 18.7 Å². The number of hydrogen-bond donors (Lipinski definition) is 4. The second-order valence-electron chi connectivity index (χ2n) is 11.4. The Bertz CT molecular complexity index is 1520. The number of anilines is 1. The lowest BCUT2D eigenvalue weighted by atomic mass is 10.0. The van der Waals surface area contributed by atoms with Crippen LogP contribution in [0.25, 0.3) is 0 Å². The van der Waals surface area contributed by atoms with Gasteiger partial charge in [0.15, 0.2) is 12.7 Å². The summed E-state index contributed by atoms with van der Waals surface area (Å²) in [6.07, 6.45) is -5.99. The van der Waals surface area contributed by atoms with E-state index in [1.54, 1.807) is 0 Å². The van der Waals surface area contributed by atoms with Crippen LogP contribution in [0.2, 0.25) is 0 Å². The maximum Gasteiger partial charge on any atom is 0.475 e. The van der Waals surface area contributed by atoms with Gasteiger partial charge in [-0.1, -0.05) is 6.92 Å². The molecule has 1 unspecified atom stereocenters. The molecule has 0 aromatic carbocycles. The standard InChI is InChI=1S/C30H45F2N4O16PS/c1-3-54-17-20(14-21(38)7-11-47-13-12-46-10-6-19(2)37)27(42)34-8-4-24(39)48-16-25(40)49-18-51-53(44,45)50-15-22-26(41)30(31,32)28(52-22)36-9-5-23(33)35-29(36)43/h5,9,20,22,26,28,41H,3-4,6-8,10-18H2,1-2H3,(H,34,42)(H,44,45)(H2,33,35,43)/t20-,22-,26-,28-/m1/s1. The average molecular weight is 819 g/mol. The highest BCUT2D eigenvalue weighted by atomic mass is 32.2. The Morgan fingerprint density at radius 2 is 1.78 bits per heavy atom. The highest BCUT2D eigenvalue weighted by molar-refractivity contribution is 7.99. The molecule has 1 fully saturated rings. The number of nitrogens with one attached hydrogen (secondary N) is 1. The molecule has 5 atom stereocenters. The number of carbonyl (C=O) groups excluding carboxylic acids is 5. The number of hydrogen-bond acceptors (Lipinski definition) is 18. The Labute approximate surface area is 312 Å². The van der Waals surface area contributed by atoms with E-state index in [1.807, 2.05) is 6.92 Å². The molecule has 0 aliphatic carbocycles. The third kappa shape index (κ3) is 16.9. The van der Waals surface area contributed by atoms with Crippen molar-refractivity contribution in [1.29, 1.82) is 0 Å². The summed E-state index contributed by atoms with van der Waals surface area (Å²) in [7, 11) is -5.08. The molecule has 0 bridgehead atoms. The Balaban J connectivity index is 1.65. The fraction of sp³-hybridized carbons (Fsp3) is 0.700. The molecular formula is C30H45F2N4O16PS. The quantitative estimate of drug-likeness (QED) is 0.0397. The molecule has 20 nitrogen and oxygen atoms in total. The van der Waals surface area contributed by atoms with Crippen molar-refractivity contribution in [2.24, 2.45) is 5.92 Å². The van der Waals surface area contributed by atoms with E-state index in [0.29, 0.717) is 29.1 Å². The van der Waals surface area contributed by atoms with E-state index in [4.69, 9.17) is 24.7 Å². The van der Waals surface area contributed by atoms with Gasteiger partial charge in [-0.2, -0.15) is 25.5 Å². The van der Waals surface area contributed by atoms with Gasteiger partial charge in [0.25, 0.3) is 0 Å². The minimum absolute atomic E-state index is 0.0162. The van der Waals surface area contributed by atoms with E-state index < -0.39 is 81.6 Å². The molecule has 1 amide bonds. The molecular weight excluding hydrogens is 773 g/mol. The van der Waals surface area contributed by atoms with E-state index in [1.165, 1.54) is 18.7 Å². The summed E-state index contributed by atoms with van der Waals surface area (Å²) in [5, 5.41) is 12.5. The number of aliphatic hydroxyl groups excluding tert-OH is 1. The predicted molar refractivity (Wildman–Crippen MR) is 182 cm³/mol. The van der Waals surface area contributed by atoms with Crippen molar-refractivity contribution in [3.05, 3.63) is 22.7 Å². The van der Waals surface area contributed by atoms with Crippen molar-refractivity contribution in [2.45, 2.75) is 63.9 Å². The van der Waals surface area contributed by atoms with Crippen molar-refractivity contribution >= 4 is 54.8 Å². The van der Waals surface area contributed by atoms with Crippen LogP contribution in [-0.4, -0.2) is 132 Å². The first-order valence-electron chi connectivity index (χ1n) is 16.5. The number of thioether (sulfide) groups is 1. The minimum atomic E-state index is -5.08. The van der Waals surface area contributed by atoms with Crippen molar-refractivity contribution in [3.8, 4) is 0 Å². The summed E-state index contributed by atoms with van der Waals surface area (Å²) in [5.41, 5.74) is 4.13. The summed E-state index contributed by atoms with van der Waals surface area (Å²) in [6.45, 7) is 0.880. The maximum absolute atomic E-state index is 14.6. The fourth-order valence-corrected chi connectivity index (χ4v) is 5.73. The molecule has 1 aromatic heterocycles. The van der Waals surface area contributed by atoms with Gasteiger partial charge in [0, 0.05) is 37.8 Å². The zero-order valence-corrected chi connectivity index (χ0v) is 31.3. The van der Waals surface area contributed by atoms with Gasteiger partial charge >= 0.3 is 31.4 Å². The van der Waals surface area contributed by atoms with Crippen LogP contribution < -0.4 is 16.7 Å². The number of rotatable bonds is 27. The minimum Gasteiger partial charge on any atom is -0.454 e. The van der Waals surface area contributed by atoms with Crippen LogP contribution in [0.3, 0.4) is 0 Å². The SMILES string of the molecule is CCSC[C@@H](CC(=O)CCOCCOCCC(C)=O)C(=O)NCCC(=O)OCC(=O)OCOP(=O)(O)OC[C@H]1O[C@@H](n2ccc(N)nc2=O)C(F)(F)[C@@H]1O. The number of nitrogens with zero attached hydrogens (tertiary/aromatic N) is 2. The molecule has 0 saturated carbocycles. The Kier molecular flexibility index (Phi) is 20.3. The summed E-state index contributed by atoms with van der Waals surface area (Å²) >= 11 is 1.46. The van der Waals surface area contributed by atoms with Gasteiger partial charge in [-0.15, -0.1) is 0 Å². The largest absolute Gasteiger partial charge is 0.475 e. The van der Waals surface area contributed by atoms with Crippen molar-refractivity contribution in [1.82, 2.24) is 14.9 Å². The highest BCUT2D eigenvalue weighted by Gasteiger charge is 2.60. The number of nitrogens with two attached hydrogens (primary N) is 1.